The van der Waals surface area contributed by atoms with E-state index in [1.54, 1.807) is 0 Å². The van der Waals surface area contributed by atoms with E-state index < -0.39 is 0 Å². The average Bonchev–Trinajstić information content (AvgIpc) is 2.55. The number of rotatable bonds is 3. The van der Waals surface area contributed by atoms with Crippen LogP contribution in [0.2, 0.25) is 0 Å². The van der Waals surface area contributed by atoms with E-state index in [1.807, 2.05) is 12.3 Å². The molecule has 0 saturated heterocycles. The van der Waals surface area contributed by atoms with Gasteiger partial charge < -0.3 is 15.5 Å². The second-order valence-electron chi connectivity index (χ2n) is 5.52. The molecule has 0 fully saturated rings. The summed E-state index contributed by atoms with van der Waals surface area (Å²) in [6, 6.07) is 12.7. The Labute approximate surface area is 126 Å². The zero-order chi connectivity index (χ0) is 14.8. The SMILES string of the molecule is CC[C@@H](N)c1ccc(N2CCN(C)c3ccccc32)cn1. The normalized spacial score (nSPS) is 15.8. The highest BCUT2D eigenvalue weighted by Gasteiger charge is 2.21. The predicted octanol–water partition coefficient (Wildman–Crippen LogP) is 3.08. The first-order valence-electron chi connectivity index (χ1n) is 7.50. The van der Waals surface area contributed by atoms with Gasteiger partial charge in [-0.3, -0.25) is 4.98 Å². The van der Waals surface area contributed by atoms with Crippen LogP contribution in [-0.4, -0.2) is 25.1 Å². The lowest BCUT2D eigenvalue weighted by atomic mass is 10.1. The summed E-state index contributed by atoms with van der Waals surface area (Å²) in [5, 5.41) is 0. The highest BCUT2D eigenvalue weighted by atomic mass is 15.3. The predicted molar refractivity (Wildman–Crippen MR) is 88.2 cm³/mol. The van der Waals surface area contributed by atoms with E-state index in [9.17, 15) is 0 Å². The van der Waals surface area contributed by atoms with Crippen LogP contribution in [0.25, 0.3) is 0 Å². The number of hydrogen-bond acceptors (Lipinski definition) is 4. The molecule has 0 radical (unpaired) electrons. The molecule has 3 rings (SSSR count). The maximum absolute atomic E-state index is 6.03. The number of fused-ring (bicyclic) bond motifs is 1. The number of para-hydroxylation sites is 2. The molecule has 4 nitrogen and oxygen atoms in total. The second kappa shape index (κ2) is 5.74. The van der Waals surface area contributed by atoms with Crippen LogP contribution in [0.5, 0.6) is 0 Å². The Hall–Kier alpha value is -2.07. The van der Waals surface area contributed by atoms with Gasteiger partial charge in [0.1, 0.15) is 0 Å². The van der Waals surface area contributed by atoms with Gasteiger partial charge in [-0.1, -0.05) is 19.1 Å². The molecule has 2 N–H and O–H groups in total. The molecule has 2 aromatic rings. The Morgan fingerprint density at radius 3 is 2.57 bits per heavy atom. The average molecular weight is 282 g/mol. The lowest BCUT2D eigenvalue weighted by Gasteiger charge is -2.36. The van der Waals surface area contributed by atoms with Crippen molar-refractivity contribution in [1.82, 2.24) is 4.98 Å². The third-order valence-electron chi connectivity index (χ3n) is 4.14. The fraction of sp³-hybridized carbons (Fsp3) is 0.353. The van der Waals surface area contributed by atoms with Crippen molar-refractivity contribution >= 4 is 17.1 Å². The van der Waals surface area contributed by atoms with Gasteiger partial charge in [-0.2, -0.15) is 0 Å². The van der Waals surface area contributed by atoms with Gasteiger partial charge in [-0.25, -0.2) is 0 Å². The number of aromatic nitrogens is 1. The quantitative estimate of drug-likeness (QED) is 0.939. The summed E-state index contributed by atoms with van der Waals surface area (Å²) in [5.74, 6) is 0. The summed E-state index contributed by atoms with van der Waals surface area (Å²) in [7, 11) is 2.14. The summed E-state index contributed by atoms with van der Waals surface area (Å²) in [5.41, 5.74) is 10.6. The van der Waals surface area contributed by atoms with Crippen molar-refractivity contribution in [2.75, 3.05) is 29.9 Å². The fourth-order valence-corrected chi connectivity index (χ4v) is 2.76. The van der Waals surface area contributed by atoms with Crippen molar-refractivity contribution in [3.05, 3.63) is 48.3 Å². The van der Waals surface area contributed by atoms with E-state index in [2.05, 4.69) is 59.1 Å². The number of hydrogen-bond donors (Lipinski definition) is 1. The molecule has 0 amide bonds. The van der Waals surface area contributed by atoms with Gasteiger partial charge in [0.25, 0.3) is 0 Å². The minimum Gasteiger partial charge on any atom is -0.371 e. The van der Waals surface area contributed by atoms with Gasteiger partial charge in [0, 0.05) is 26.2 Å². The van der Waals surface area contributed by atoms with E-state index in [-0.39, 0.29) is 6.04 Å². The van der Waals surface area contributed by atoms with Crippen LogP contribution in [0, 0.1) is 0 Å². The molecule has 1 atom stereocenters. The van der Waals surface area contributed by atoms with Crippen molar-refractivity contribution in [1.29, 1.82) is 0 Å². The smallest absolute Gasteiger partial charge is 0.0649 e. The van der Waals surface area contributed by atoms with Crippen LogP contribution in [0.15, 0.2) is 42.6 Å². The minimum absolute atomic E-state index is 0.0267. The molecule has 21 heavy (non-hydrogen) atoms. The topological polar surface area (TPSA) is 45.4 Å². The molecule has 1 aromatic heterocycles. The maximum Gasteiger partial charge on any atom is 0.0649 e. The Morgan fingerprint density at radius 1 is 1.14 bits per heavy atom. The monoisotopic (exact) mass is 282 g/mol. The standard InChI is InChI=1S/C17H22N4/c1-3-14(18)15-9-8-13(12-19-15)21-11-10-20(2)16-6-4-5-7-17(16)21/h4-9,12,14H,3,10-11,18H2,1-2H3/t14-/m1/s1. The Bertz CT molecular complexity index is 608. The number of nitrogens with zero attached hydrogens (tertiary/aromatic N) is 3. The molecule has 0 bridgehead atoms. The molecule has 1 aliphatic heterocycles. The van der Waals surface area contributed by atoms with Crippen molar-refractivity contribution in [3.8, 4) is 0 Å². The first-order valence-corrected chi connectivity index (χ1v) is 7.50. The molecule has 1 aliphatic rings. The third-order valence-corrected chi connectivity index (χ3v) is 4.14. The van der Waals surface area contributed by atoms with Gasteiger partial charge >= 0.3 is 0 Å². The molecular weight excluding hydrogens is 260 g/mol. The van der Waals surface area contributed by atoms with Crippen molar-refractivity contribution < 1.29 is 0 Å². The molecule has 110 valence electrons. The zero-order valence-electron chi connectivity index (χ0n) is 12.7. The number of nitrogens with two attached hydrogens (primary N) is 1. The molecule has 1 aromatic carbocycles. The fourth-order valence-electron chi connectivity index (χ4n) is 2.76. The van der Waals surface area contributed by atoms with E-state index in [1.165, 1.54) is 11.4 Å². The van der Waals surface area contributed by atoms with Crippen molar-refractivity contribution in [2.24, 2.45) is 5.73 Å². The summed E-state index contributed by atoms with van der Waals surface area (Å²) in [6.07, 6.45) is 2.84. The number of benzene rings is 1. The van der Waals surface area contributed by atoms with E-state index in [0.717, 1.165) is 30.9 Å². The molecule has 2 heterocycles. The third kappa shape index (κ3) is 2.59. The molecule has 0 aliphatic carbocycles. The van der Waals surface area contributed by atoms with Crippen LogP contribution < -0.4 is 15.5 Å². The summed E-state index contributed by atoms with van der Waals surface area (Å²) >= 11 is 0. The van der Waals surface area contributed by atoms with Gasteiger partial charge in [-0.05, 0) is 30.7 Å². The van der Waals surface area contributed by atoms with Crippen LogP contribution in [0.4, 0.5) is 17.1 Å². The lowest BCUT2D eigenvalue weighted by molar-refractivity contribution is 0.675. The Morgan fingerprint density at radius 2 is 1.90 bits per heavy atom. The largest absolute Gasteiger partial charge is 0.371 e. The molecular formula is C17H22N4. The van der Waals surface area contributed by atoms with Crippen LogP contribution >= 0.6 is 0 Å². The highest BCUT2D eigenvalue weighted by Crippen LogP contribution is 2.36. The van der Waals surface area contributed by atoms with Gasteiger partial charge in [0.05, 0.1) is 29.0 Å². The van der Waals surface area contributed by atoms with Gasteiger partial charge in [0.2, 0.25) is 0 Å². The molecule has 4 heteroatoms. The molecule has 0 saturated carbocycles. The Kier molecular flexibility index (Phi) is 3.80. The first-order chi connectivity index (χ1) is 10.2. The first kappa shape index (κ1) is 13.9. The summed E-state index contributed by atoms with van der Waals surface area (Å²) in [6.45, 7) is 4.05. The van der Waals surface area contributed by atoms with E-state index >= 15 is 0 Å². The highest BCUT2D eigenvalue weighted by molar-refractivity contribution is 5.78. The Balaban J connectivity index is 1.93. The van der Waals surface area contributed by atoms with E-state index in [0.29, 0.717) is 0 Å². The van der Waals surface area contributed by atoms with E-state index in [4.69, 9.17) is 5.73 Å². The number of pyridine rings is 1. The lowest BCUT2D eigenvalue weighted by Crippen LogP contribution is -2.36. The molecule has 0 unspecified atom stereocenters. The summed E-state index contributed by atoms with van der Waals surface area (Å²) in [4.78, 5) is 9.15. The second-order valence-corrected chi connectivity index (χ2v) is 5.52. The van der Waals surface area contributed by atoms with Gasteiger partial charge in [-0.15, -0.1) is 0 Å². The van der Waals surface area contributed by atoms with Crippen molar-refractivity contribution in [3.63, 3.8) is 0 Å². The zero-order valence-corrected chi connectivity index (χ0v) is 12.7. The van der Waals surface area contributed by atoms with Crippen LogP contribution in [0.1, 0.15) is 25.1 Å². The molecule has 0 spiro atoms. The van der Waals surface area contributed by atoms with Crippen LogP contribution in [0.3, 0.4) is 0 Å². The minimum atomic E-state index is 0.0267. The number of likely N-dealkylation sites (N-methyl/N-ethyl adjacent to an activating group) is 1. The van der Waals surface area contributed by atoms with Gasteiger partial charge in [0.15, 0.2) is 0 Å². The summed E-state index contributed by atoms with van der Waals surface area (Å²) < 4.78 is 0. The number of anilines is 3. The maximum atomic E-state index is 6.03. The van der Waals surface area contributed by atoms with Crippen molar-refractivity contribution in [2.45, 2.75) is 19.4 Å². The van der Waals surface area contributed by atoms with Crippen LogP contribution in [-0.2, 0) is 0 Å².